The van der Waals surface area contributed by atoms with Crippen molar-refractivity contribution in [2.24, 2.45) is 0 Å². The zero-order valence-electron chi connectivity index (χ0n) is 15.7. The van der Waals surface area contributed by atoms with Crippen LogP contribution in [0.25, 0.3) is 0 Å². The minimum absolute atomic E-state index is 0. The number of benzene rings is 2. The topological polar surface area (TPSA) is 62.3 Å². The fourth-order valence-corrected chi connectivity index (χ4v) is 4.55. The Morgan fingerprint density at radius 3 is 2.60 bits per heavy atom. The van der Waals surface area contributed by atoms with Gasteiger partial charge < -0.3 is 19.8 Å². The van der Waals surface area contributed by atoms with Gasteiger partial charge in [0.1, 0.15) is 0 Å². The van der Waals surface area contributed by atoms with E-state index in [0.29, 0.717) is 23.2 Å². The van der Waals surface area contributed by atoms with Gasteiger partial charge in [0.05, 0.1) is 30.6 Å². The van der Waals surface area contributed by atoms with E-state index >= 15 is 0 Å². The van der Waals surface area contributed by atoms with Crippen molar-refractivity contribution >= 4 is 65.5 Å². The summed E-state index contributed by atoms with van der Waals surface area (Å²) >= 11 is 14.3. The Morgan fingerprint density at radius 1 is 1.17 bits per heavy atom. The number of aromatic nitrogens is 2. The zero-order valence-corrected chi connectivity index (χ0v) is 19.7. The summed E-state index contributed by atoms with van der Waals surface area (Å²) in [6.07, 6.45) is 5.24. The maximum atomic E-state index is 6.49. The van der Waals surface area contributed by atoms with Crippen LogP contribution in [0, 0.1) is 0 Å². The summed E-state index contributed by atoms with van der Waals surface area (Å²) in [4.78, 5) is 5.24. The molecule has 4 rings (SSSR count). The molecule has 2 aromatic carbocycles. The smallest absolute Gasteiger partial charge is 0.215 e. The standard InChI is InChI=1S/C20H19Cl2N3O2S.2ClH/c21-14-1-6-18(19(22)9-14)20(12-25-8-7-24-13-25)26-10-16(27-20)11-28-17-4-2-15(23)3-5-17;;/h1-9,13,16H,10-12,23H2;2*1H/t16-,20-;;/m1../s1. The molecule has 1 fully saturated rings. The SMILES string of the molecule is Cl.Cl.Nc1ccc(SC[C@H]2CO[C@@](Cn3ccnc3)(c3ccc(Cl)cc3Cl)O2)cc1. The van der Waals surface area contributed by atoms with Crippen molar-refractivity contribution in [1.29, 1.82) is 0 Å². The normalized spacial score (nSPS) is 20.4. The molecule has 1 aliphatic rings. The number of ether oxygens (including phenoxy) is 2. The Labute approximate surface area is 202 Å². The molecule has 0 amide bonds. The van der Waals surface area contributed by atoms with Crippen LogP contribution in [0.3, 0.4) is 0 Å². The number of nitrogen functional groups attached to an aromatic ring is 1. The van der Waals surface area contributed by atoms with Gasteiger partial charge in [-0.2, -0.15) is 0 Å². The van der Waals surface area contributed by atoms with E-state index in [9.17, 15) is 0 Å². The van der Waals surface area contributed by atoms with E-state index in [1.165, 1.54) is 0 Å². The number of imidazole rings is 1. The van der Waals surface area contributed by atoms with Crippen LogP contribution in [0.5, 0.6) is 0 Å². The molecule has 30 heavy (non-hydrogen) atoms. The molecule has 1 aliphatic heterocycles. The highest BCUT2D eigenvalue weighted by molar-refractivity contribution is 7.99. The molecule has 1 saturated heterocycles. The molecule has 2 atom stereocenters. The average molecular weight is 509 g/mol. The molecule has 3 aromatic rings. The number of hydrogen-bond donors (Lipinski definition) is 1. The van der Waals surface area contributed by atoms with Crippen LogP contribution in [0.4, 0.5) is 5.69 Å². The monoisotopic (exact) mass is 507 g/mol. The average Bonchev–Trinajstić information content (AvgIpc) is 3.32. The first-order valence-corrected chi connectivity index (χ1v) is 10.5. The van der Waals surface area contributed by atoms with Crippen LogP contribution >= 0.6 is 59.8 Å². The highest BCUT2D eigenvalue weighted by Gasteiger charge is 2.45. The number of nitrogens with two attached hydrogens (primary N) is 1. The van der Waals surface area contributed by atoms with Crippen molar-refractivity contribution in [3.63, 3.8) is 0 Å². The van der Waals surface area contributed by atoms with Gasteiger partial charge in [-0.05, 0) is 36.4 Å². The minimum atomic E-state index is -0.991. The maximum Gasteiger partial charge on any atom is 0.215 e. The lowest BCUT2D eigenvalue weighted by Gasteiger charge is -2.30. The molecule has 2 N–H and O–H groups in total. The van der Waals surface area contributed by atoms with Gasteiger partial charge >= 0.3 is 0 Å². The van der Waals surface area contributed by atoms with E-state index in [-0.39, 0.29) is 30.9 Å². The molecule has 2 heterocycles. The molecule has 0 unspecified atom stereocenters. The first kappa shape index (κ1) is 25.1. The Kier molecular flexibility index (Phi) is 9.18. The Bertz CT molecular complexity index is 944. The van der Waals surface area contributed by atoms with Gasteiger partial charge in [0.25, 0.3) is 0 Å². The van der Waals surface area contributed by atoms with Crippen molar-refractivity contribution in [3.05, 3.63) is 76.8 Å². The van der Waals surface area contributed by atoms with Crippen molar-refractivity contribution in [2.75, 3.05) is 18.1 Å². The molecule has 10 heteroatoms. The lowest BCUT2D eigenvalue weighted by atomic mass is 10.1. The molecule has 5 nitrogen and oxygen atoms in total. The fourth-order valence-electron chi connectivity index (χ4n) is 3.13. The molecular formula is C20H21Cl4N3O2S. The van der Waals surface area contributed by atoms with Crippen LogP contribution in [0.1, 0.15) is 5.56 Å². The van der Waals surface area contributed by atoms with Gasteiger partial charge in [0.15, 0.2) is 0 Å². The second-order valence-corrected chi connectivity index (χ2v) is 8.48. The van der Waals surface area contributed by atoms with Crippen molar-refractivity contribution in [1.82, 2.24) is 9.55 Å². The first-order valence-electron chi connectivity index (χ1n) is 8.75. The van der Waals surface area contributed by atoms with Gasteiger partial charge in [-0.25, -0.2) is 4.98 Å². The third-order valence-electron chi connectivity index (χ3n) is 4.47. The second kappa shape index (κ2) is 11.0. The first-order chi connectivity index (χ1) is 13.5. The molecule has 0 spiro atoms. The minimum Gasteiger partial charge on any atom is -0.399 e. The number of hydrogen-bond acceptors (Lipinski definition) is 5. The van der Waals surface area contributed by atoms with Gasteiger partial charge in [-0.1, -0.05) is 29.3 Å². The molecule has 0 bridgehead atoms. The van der Waals surface area contributed by atoms with Crippen molar-refractivity contribution in [2.45, 2.75) is 23.3 Å². The van der Waals surface area contributed by atoms with E-state index in [1.807, 2.05) is 41.1 Å². The number of anilines is 1. The van der Waals surface area contributed by atoms with E-state index in [4.69, 9.17) is 38.4 Å². The second-order valence-electron chi connectivity index (χ2n) is 6.54. The molecule has 1 aromatic heterocycles. The van der Waals surface area contributed by atoms with E-state index < -0.39 is 5.79 Å². The Balaban J connectivity index is 0.00000160. The zero-order chi connectivity index (χ0) is 19.6. The fraction of sp³-hybridized carbons (Fsp3) is 0.250. The van der Waals surface area contributed by atoms with Gasteiger partial charge in [-0.3, -0.25) is 0 Å². The predicted molar refractivity (Wildman–Crippen MR) is 127 cm³/mol. The lowest BCUT2D eigenvalue weighted by Crippen LogP contribution is -2.34. The van der Waals surface area contributed by atoms with Crippen molar-refractivity contribution in [3.8, 4) is 0 Å². The van der Waals surface area contributed by atoms with E-state index in [1.54, 1.807) is 36.4 Å². The summed E-state index contributed by atoms with van der Waals surface area (Å²) < 4.78 is 14.6. The number of thioether (sulfide) groups is 1. The van der Waals surface area contributed by atoms with Gasteiger partial charge in [0, 0.05) is 39.3 Å². The molecular weight excluding hydrogens is 488 g/mol. The Hall–Kier alpha value is -1.12. The third kappa shape index (κ3) is 5.77. The van der Waals surface area contributed by atoms with Crippen LogP contribution in [0.15, 0.2) is 66.1 Å². The number of halogens is 4. The van der Waals surface area contributed by atoms with Crippen LogP contribution in [-0.4, -0.2) is 28.0 Å². The van der Waals surface area contributed by atoms with Crippen LogP contribution < -0.4 is 5.73 Å². The predicted octanol–water partition coefficient (Wildman–Crippen LogP) is 5.68. The van der Waals surface area contributed by atoms with E-state index in [0.717, 1.165) is 21.9 Å². The largest absolute Gasteiger partial charge is 0.399 e. The maximum absolute atomic E-state index is 6.49. The van der Waals surface area contributed by atoms with Gasteiger partial charge in [0.2, 0.25) is 5.79 Å². The van der Waals surface area contributed by atoms with Crippen LogP contribution in [0.2, 0.25) is 10.0 Å². The van der Waals surface area contributed by atoms with Crippen molar-refractivity contribution < 1.29 is 9.47 Å². The number of rotatable bonds is 6. The summed E-state index contributed by atoms with van der Waals surface area (Å²) in [5.74, 6) is -0.241. The highest BCUT2D eigenvalue weighted by Crippen LogP contribution is 2.41. The Morgan fingerprint density at radius 2 is 1.93 bits per heavy atom. The third-order valence-corrected chi connectivity index (χ3v) is 6.16. The summed E-state index contributed by atoms with van der Waals surface area (Å²) in [6.45, 7) is 0.910. The van der Waals surface area contributed by atoms with E-state index in [2.05, 4.69) is 4.98 Å². The summed E-state index contributed by atoms with van der Waals surface area (Å²) in [7, 11) is 0. The molecule has 0 saturated carbocycles. The lowest BCUT2D eigenvalue weighted by molar-refractivity contribution is -0.184. The summed E-state index contributed by atoms with van der Waals surface area (Å²) in [5.41, 5.74) is 7.26. The summed E-state index contributed by atoms with van der Waals surface area (Å²) in [5, 5.41) is 1.08. The quantitative estimate of drug-likeness (QED) is 0.343. The van der Waals surface area contributed by atoms with Gasteiger partial charge in [-0.15, -0.1) is 36.6 Å². The highest BCUT2D eigenvalue weighted by atomic mass is 35.5. The summed E-state index contributed by atoms with van der Waals surface area (Å²) in [6, 6.07) is 13.2. The molecule has 0 radical (unpaired) electrons. The van der Waals surface area contributed by atoms with Crippen LogP contribution in [-0.2, 0) is 21.8 Å². The molecule has 0 aliphatic carbocycles. The number of nitrogens with zero attached hydrogens (tertiary/aromatic N) is 2. The molecule has 162 valence electrons.